The second kappa shape index (κ2) is 9.07. The summed E-state index contributed by atoms with van der Waals surface area (Å²) in [6.45, 7) is 15.6. The van der Waals surface area contributed by atoms with E-state index in [1.807, 2.05) is 20.8 Å². The van der Waals surface area contributed by atoms with Gasteiger partial charge in [0.15, 0.2) is 0 Å². The molecule has 1 amide bonds. The third kappa shape index (κ3) is 7.87. The average Bonchev–Trinajstić information content (AvgIpc) is 2.42. The fourth-order valence-corrected chi connectivity index (χ4v) is 3.78. The zero-order chi connectivity index (χ0) is 18.4. The third-order valence-electron chi connectivity index (χ3n) is 4.86. The largest absolute Gasteiger partial charge is 0.444 e. The summed E-state index contributed by atoms with van der Waals surface area (Å²) in [6, 6.07) is 0.867. The Balaban J connectivity index is 2.59. The summed E-state index contributed by atoms with van der Waals surface area (Å²) >= 11 is 0. The lowest BCUT2D eigenvalue weighted by atomic mass is 9.69. The molecule has 3 atom stereocenters. The van der Waals surface area contributed by atoms with Crippen LogP contribution in [0.2, 0.25) is 0 Å². The lowest BCUT2D eigenvalue weighted by Crippen LogP contribution is -2.51. The molecule has 2 N–H and O–H groups in total. The number of carbonyl (C=O) groups excluding carboxylic acids is 1. The number of ether oxygens (including phenoxy) is 1. The molecule has 3 unspecified atom stereocenters. The maximum absolute atomic E-state index is 11.9. The summed E-state index contributed by atoms with van der Waals surface area (Å²) in [5.41, 5.74) is -0.119. The number of hydrogen-bond acceptors (Lipinski definition) is 3. The number of hydrogen-bond donors (Lipinski definition) is 2. The molecule has 1 rings (SSSR count). The van der Waals surface area contributed by atoms with Gasteiger partial charge in [0.25, 0.3) is 0 Å². The Morgan fingerprint density at radius 3 is 2.29 bits per heavy atom. The van der Waals surface area contributed by atoms with Crippen molar-refractivity contribution in [1.82, 2.24) is 10.6 Å². The third-order valence-corrected chi connectivity index (χ3v) is 4.86. The van der Waals surface area contributed by atoms with Crippen LogP contribution in [0.3, 0.4) is 0 Å². The van der Waals surface area contributed by atoms with E-state index in [1.165, 1.54) is 25.7 Å². The zero-order valence-electron chi connectivity index (χ0n) is 17.0. The molecule has 0 saturated heterocycles. The van der Waals surface area contributed by atoms with E-state index in [4.69, 9.17) is 4.74 Å². The van der Waals surface area contributed by atoms with Gasteiger partial charge >= 0.3 is 6.09 Å². The van der Waals surface area contributed by atoms with Gasteiger partial charge in [-0.1, -0.05) is 47.0 Å². The van der Waals surface area contributed by atoms with Crippen LogP contribution in [0.4, 0.5) is 4.79 Å². The lowest BCUT2D eigenvalue weighted by molar-refractivity contribution is 0.0515. The predicted octanol–water partition coefficient (Wildman–Crippen LogP) is 4.87. The minimum absolute atomic E-state index is 0.315. The number of alkyl carbamates (subject to hydrolysis) is 1. The summed E-state index contributed by atoms with van der Waals surface area (Å²) in [7, 11) is 0. The van der Waals surface area contributed by atoms with Crippen molar-refractivity contribution < 1.29 is 9.53 Å². The van der Waals surface area contributed by atoms with Crippen LogP contribution < -0.4 is 10.6 Å². The normalized spacial score (nSPS) is 23.6. The van der Waals surface area contributed by atoms with Gasteiger partial charge in [-0.2, -0.15) is 0 Å². The number of carbonyl (C=O) groups is 1. The molecule has 0 heterocycles. The van der Waals surface area contributed by atoms with Crippen LogP contribution in [0, 0.1) is 11.3 Å². The van der Waals surface area contributed by atoms with Crippen molar-refractivity contribution in [2.24, 2.45) is 11.3 Å². The predicted molar refractivity (Wildman–Crippen MR) is 101 cm³/mol. The molecule has 1 fully saturated rings. The van der Waals surface area contributed by atoms with Crippen molar-refractivity contribution in [2.45, 2.75) is 105 Å². The molecule has 0 aromatic heterocycles. The van der Waals surface area contributed by atoms with E-state index in [1.54, 1.807) is 0 Å². The van der Waals surface area contributed by atoms with E-state index >= 15 is 0 Å². The highest BCUT2D eigenvalue weighted by atomic mass is 16.6. The molecule has 0 bridgehead atoms. The molecular formula is C20H40N2O2. The Morgan fingerprint density at radius 2 is 1.75 bits per heavy atom. The van der Waals surface area contributed by atoms with Gasteiger partial charge in [0.05, 0.1) is 0 Å². The van der Waals surface area contributed by atoms with Crippen LogP contribution in [-0.4, -0.2) is 30.3 Å². The highest BCUT2D eigenvalue weighted by molar-refractivity contribution is 5.67. The topological polar surface area (TPSA) is 50.4 Å². The molecule has 1 saturated carbocycles. The van der Waals surface area contributed by atoms with E-state index in [-0.39, 0.29) is 6.09 Å². The quantitative estimate of drug-likeness (QED) is 0.725. The molecule has 142 valence electrons. The number of rotatable bonds is 6. The molecule has 0 radical (unpaired) electrons. The highest BCUT2D eigenvalue weighted by Gasteiger charge is 2.35. The Hall–Kier alpha value is -0.770. The zero-order valence-corrected chi connectivity index (χ0v) is 17.0. The van der Waals surface area contributed by atoms with E-state index < -0.39 is 5.60 Å². The van der Waals surface area contributed by atoms with Gasteiger partial charge in [0.2, 0.25) is 0 Å². The molecule has 0 spiro atoms. The minimum Gasteiger partial charge on any atom is -0.444 e. The first-order valence-corrected chi connectivity index (χ1v) is 9.76. The molecular weight excluding hydrogens is 300 g/mol. The maximum Gasteiger partial charge on any atom is 0.407 e. The molecule has 0 aliphatic heterocycles. The molecule has 0 aromatic carbocycles. The molecule has 1 aliphatic carbocycles. The van der Waals surface area contributed by atoms with Gasteiger partial charge in [0.1, 0.15) is 5.60 Å². The van der Waals surface area contributed by atoms with Crippen molar-refractivity contribution in [2.75, 3.05) is 6.54 Å². The Kier molecular flexibility index (Phi) is 8.04. The average molecular weight is 341 g/mol. The Morgan fingerprint density at radius 1 is 1.12 bits per heavy atom. The van der Waals surface area contributed by atoms with Crippen molar-refractivity contribution in [3.05, 3.63) is 0 Å². The molecule has 4 nitrogen and oxygen atoms in total. The van der Waals surface area contributed by atoms with E-state index in [0.29, 0.717) is 30.0 Å². The van der Waals surface area contributed by atoms with Crippen molar-refractivity contribution in [3.63, 3.8) is 0 Å². The monoisotopic (exact) mass is 340 g/mol. The van der Waals surface area contributed by atoms with Crippen LogP contribution in [0.5, 0.6) is 0 Å². The second-order valence-corrected chi connectivity index (χ2v) is 9.40. The summed E-state index contributed by atoms with van der Waals surface area (Å²) in [5.74, 6) is 0.701. The number of amides is 1. The molecule has 0 aromatic rings. The van der Waals surface area contributed by atoms with Gasteiger partial charge in [-0.05, 0) is 51.4 Å². The van der Waals surface area contributed by atoms with Crippen LogP contribution in [0.25, 0.3) is 0 Å². The van der Waals surface area contributed by atoms with Gasteiger partial charge in [-0.25, -0.2) is 4.79 Å². The first-order valence-electron chi connectivity index (χ1n) is 9.76. The van der Waals surface area contributed by atoms with Crippen LogP contribution in [0.15, 0.2) is 0 Å². The molecule has 1 aliphatic rings. The van der Waals surface area contributed by atoms with Crippen molar-refractivity contribution in [1.29, 1.82) is 0 Å². The maximum atomic E-state index is 11.9. The smallest absolute Gasteiger partial charge is 0.407 e. The van der Waals surface area contributed by atoms with E-state index in [0.717, 1.165) is 12.8 Å². The Bertz CT molecular complexity index is 382. The summed E-state index contributed by atoms with van der Waals surface area (Å²) in [5, 5.41) is 6.81. The first-order chi connectivity index (χ1) is 11.0. The van der Waals surface area contributed by atoms with E-state index in [9.17, 15) is 4.79 Å². The second-order valence-electron chi connectivity index (χ2n) is 9.40. The van der Waals surface area contributed by atoms with Gasteiger partial charge in [0, 0.05) is 18.6 Å². The van der Waals surface area contributed by atoms with Gasteiger partial charge < -0.3 is 15.4 Å². The first kappa shape index (κ1) is 21.3. The fraction of sp³-hybridized carbons (Fsp3) is 0.950. The lowest BCUT2D eigenvalue weighted by Gasteiger charge is -2.42. The summed E-state index contributed by atoms with van der Waals surface area (Å²) < 4.78 is 5.35. The van der Waals surface area contributed by atoms with Crippen LogP contribution in [-0.2, 0) is 4.74 Å². The summed E-state index contributed by atoms with van der Waals surface area (Å²) in [4.78, 5) is 11.9. The molecule has 24 heavy (non-hydrogen) atoms. The van der Waals surface area contributed by atoms with Crippen molar-refractivity contribution >= 4 is 6.09 Å². The van der Waals surface area contributed by atoms with Crippen LogP contribution >= 0.6 is 0 Å². The van der Waals surface area contributed by atoms with E-state index in [2.05, 4.69) is 38.3 Å². The standard InChI is InChI=1S/C20H40N2O2/c1-8-11-15(14-21-18(23)24-20(5,6)7)22-17-13-10-9-12-16(17)19(2,3)4/h15-17,22H,8-14H2,1-7H3,(H,21,23). The Labute approximate surface area is 149 Å². The SMILES string of the molecule is CCCC(CNC(=O)OC(C)(C)C)NC1CCCCC1C(C)(C)C. The highest BCUT2D eigenvalue weighted by Crippen LogP contribution is 2.38. The number of nitrogens with one attached hydrogen (secondary N) is 2. The molecule has 4 heteroatoms. The summed E-state index contributed by atoms with van der Waals surface area (Å²) in [6.07, 6.45) is 7.07. The van der Waals surface area contributed by atoms with Crippen molar-refractivity contribution in [3.8, 4) is 0 Å². The van der Waals surface area contributed by atoms with Gasteiger partial charge in [-0.15, -0.1) is 0 Å². The van der Waals surface area contributed by atoms with Crippen LogP contribution in [0.1, 0.15) is 87.0 Å². The fourth-order valence-electron chi connectivity index (χ4n) is 3.78. The minimum atomic E-state index is -0.446. The van der Waals surface area contributed by atoms with Gasteiger partial charge in [-0.3, -0.25) is 0 Å².